The zero-order valence-electron chi connectivity index (χ0n) is 17.7. The predicted molar refractivity (Wildman–Crippen MR) is 111 cm³/mol. The van der Waals surface area contributed by atoms with E-state index < -0.39 is 11.8 Å². The first-order chi connectivity index (χ1) is 12.9. The third kappa shape index (κ3) is 20.8. The smallest absolute Gasteiger partial charge is 0.227 e. The highest BCUT2D eigenvalue weighted by Gasteiger charge is 2.08. The second-order valence-electron chi connectivity index (χ2n) is 8.11. The molecule has 0 spiro atoms. The van der Waals surface area contributed by atoms with E-state index in [1.807, 2.05) is 0 Å². The maximum atomic E-state index is 11.6. The molecule has 3 amide bonds. The number of nitrogens with one attached hydrogen (secondary N) is 1. The third-order valence-corrected chi connectivity index (χ3v) is 4.81. The summed E-state index contributed by atoms with van der Waals surface area (Å²) in [6.45, 7) is 4.59. The number of unbranched alkanes of at least 4 members (excludes halogenated alkanes) is 11. The second kappa shape index (κ2) is 18.0. The lowest BCUT2D eigenvalue weighted by molar-refractivity contribution is -0.131. The van der Waals surface area contributed by atoms with Gasteiger partial charge in [0.05, 0.1) is 0 Å². The lowest BCUT2D eigenvalue weighted by Crippen LogP contribution is -2.30. The maximum Gasteiger partial charge on any atom is 0.227 e. The van der Waals surface area contributed by atoms with Crippen molar-refractivity contribution in [3.8, 4) is 0 Å². The van der Waals surface area contributed by atoms with Crippen LogP contribution in [0.25, 0.3) is 0 Å². The lowest BCUT2D eigenvalue weighted by Gasteiger charge is -2.05. The fraction of sp³-hybridized carbons (Fsp3) is 0.864. The summed E-state index contributed by atoms with van der Waals surface area (Å²) in [5.74, 6) is -0.356. The molecule has 5 nitrogen and oxygen atoms in total. The zero-order chi connectivity index (χ0) is 20.3. The Kier molecular flexibility index (Phi) is 17.1. The molecule has 0 saturated heterocycles. The molecular formula is C22H42N2O3. The molecule has 0 aromatic rings. The fourth-order valence-electron chi connectivity index (χ4n) is 3.12. The van der Waals surface area contributed by atoms with Crippen molar-refractivity contribution in [2.75, 3.05) is 0 Å². The van der Waals surface area contributed by atoms with Crippen molar-refractivity contribution in [2.24, 2.45) is 11.7 Å². The molecule has 0 aliphatic carbocycles. The molecule has 0 rings (SSSR count). The van der Waals surface area contributed by atoms with Crippen molar-refractivity contribution >= 4 is 17.7 Å². The van der Waals surface area contributed by atoms with Crippen LogP contribution in [0.15, 0.2) is 0 Å². The van der Waals surface area contributed by atoms with Gasteiger partial charge in [0, 0.05) is 19.3 Å². The molecule has 158 valence electrons. The molecule has 5 heteroatoms. The summed E-state index contributed by atoms with van der Waals surface area (Å²) in [5.41, 5.74) is 4.97. The molecule has 3 N–H and O–H groups in total. The number of nitrogens with two attached hydrogens (primary N) is 1. The molecule has 27 heavy (non-hydrogen) atoms. The Morgan fingerprint density at radius 2 is 1.04 bits per heavy atom. The molecule has 0 heterocycles. The van der Waals surface area contributed by atoms with Crippen molar-refractivity contribution in [3.63, 3.8) is 0 Å². The minimum absolute atomic E-state index is 0.0149. The van der Waals surface area contributed by atoms with Gasteiger partial charge in [-0.3, -0.25) is 19.7 Å². The van der Waals surface area contributed by atoms with Gasteiger partial charge in [-0.25, -0.2) is 0 Å². The third-order valence-electron chi connectivity index (χ3n) is 4.81. The Bertz CT molecular complexity index is 408. The monoisotopic (exact) mass is 382 g/mol. The lowest BCUT2D eigenvalue weighted by atomic mass is 10.0. The van der Waals surface area contributed by atoms with E-state index in [1.54, 1.807) is 0 Å². The van der Waals surface area contributed by atoms with Crippen LogP contribution >= 0.6 is 0 Å². The van der Waals surface area contributed by atoms with Gasteiger partial charge in [-0.15, -0.1) is 0 Å². The summed E-state index contributed by atoms with van der Waals surface area (Å²) in [4.78, 5) is 33.5. The summed E-state index contributed by atoms with van der Waals surface area (Å²) >= 11 is 0. The number of rotatable bonds is 18. The summed E-state index contributed by atoms with van der Waals surface area (Å²) in [6, 6.07) is 0. The van der Waals surface area contributed by atoms with Gasteiger partial charge < -0.3 is 5.73 Å². The van der Waals surface area contributed by atoms with Crippen LogP contribution in [0, 0.1) is 5.92 Å². The normalized spacial score (nSPS) is 10.9. The van der Waals surface area contributed by atoms with Crippen molar-refractivity contribution in [1.82, 2.24) is 5.32 Å². The Labute approximate surface area is 166 Å². The van der Waals surface area contributed by atoms with Gasteiger partial charge >= 0.3 is 0 Å². The summed E-state index contributed by atoms with van der Waals surface area (Å²) in [6.07, 6.45) is 16.8. The average Bonchev–Trinajstić information content (AvgIpc) is 2.60. The van der Waals surface area contributed by atoms with Crippen molar-refractivity contribution in [1.29, 1.82) is 0 Å². The second-order valence-corrected chi connectivity index (χ2v) is 8.11. The van der Waals surface area contributed by atoms with E-state index in [-0.39, 0.29) is 18.7 Å². The average molecular weight is 383 g/mol. The summed E-state index contributed by atoms with van der Waals surface area (Å²) < 4.78 is 0. The Balaban J connectivity index is 3.27. The molecule has 0 aliphatic heterocycles. The van der Waals surface area contributed by atoms with Crippen LogP contribution in [0.2, 0.25) is 0 Å². The van der Waals surface area contributed by atoms with Crippen LogP contribution in [0.1, 0.15) is 117 Å². The SMILES string of the molecule is CC(C)CCCCCCCCCCCCCCC(=O)NC(=O)CCC(N)=O. The van der Waals surface area contributed by atoms with Gasteiger partial charge in [-0.1, -0.05) is 90.9 Å². The summed E-state index contributed by atoms with van der Waals surface area (Å²) in [5, 5.41) is 2.30. The molecule has 0 aliphatic rings. The topological polar surface area (TPSA) is 89.3 Å². The highest BCUT2D eigenvalue weighted by molar-refractivity contribution is 5.96. The van der Waals surface area contributed by atoms with Crippen LogP contribution in [-0.4, -0.2) is 17.7 Å². The summed E-state index contributed by atoms with van der Waals surface area (Å²) in [7, 11) is 0. The highest BCUT2D eigenvalue weighted by Crippen LogP contribution is 2.14. The van der Waals surface area contributed by atoms with Crippen LogP contribution in [0.3, 0.4) is 0 Å². The van der Waals surface area contributed by atoms with E-state index in [4.69, 9.17) is 5.73 Å². The quantitative estimate of drug-likeness (QED) is 0.326. The molecular weight excluding hydrogens is 340 g/mol. The number of primary amides is 1. The molecule has 0 aromatic heterocycles. The standard InChI is InChI=1S/C22H42N2O3/c1-19(2)15-13-11-9-7-5-3-4-6-8-10-12-14-16-21(26)24-22(27)18-17-20(23)25/h19H,3-18H2,1-2H3,(H2,23,25)(H,24,26,27). The van der Waals surface area contributed by atoms with Crippen molar-refractivity contribution in [3.05, 3.63) is 0 Å². The number of imide groups is 1. The molecule has 0 atom stereocenters. The van der Waals surface area contributed by atoms with E-state index in [2.05, 4.69) is 19.2 Å². The minimum atomic E-state index is -0.528. The van der Waals surface area contributed by atoms with E-state index >= 15 is 0 Å². The van der Waals surface area contributed by atoms with Crippen molar-refractivity contribution in [2.45, 2.75) is 117 Å². The molecule has 0 radical (unpaired) electrons. The number of hydrogen-bond donors (Lipinski definition) is 2. The number of carbonyl (C=O) groups is 3. The predicted octanol–water partition coefficient (Wildman–Crippen LogP) is 5.01. The Morgan fingerprint density at radius 3 is 1.48 bits per heavy atom. The van der Waals surface area contributed by atoms with Crippen LogP contribution in [-0.2, 0) is 14.4 Å². The first kappa shape index (κ1) is 25.6. The minimum Gasteiger partial charge on any atom is -0.370 e. The largest absolute Gasteiger partial charge is 0.370 e. The van der Waals surface area contributed by atoms with E-state index in [9.17, 15) is 14.4 Å². The first-order valence-electron chi connectivity index (χ1n) is 11.0. The van der Waals surface area contributed by atoms with Gasteiger partial charge in [0.1, 0.15) is 0 Å². The van der Waals surface area contributed by atoms with Gasteiger partial charge in [0.2, 0.25) is 17.7 Å². The fourth-order valence-corrected chi connectivity index (χ4v) is 3.12. The van der Waals surface area contributed by atoms with Crippen LogP contribution in [0.4, 0.5) is 0 Å². The van der Waals surface area contributed by atoms with Crippen LogP contribution < -0.4 is 11.1 Å². The number of hydrogen-bond acceptors (Lipinski definition) is 3. The molecule has 0 unspecified atom stereocenters. The Hall–Kier alpha value is -1.39. The van der Waals surface area contributed by atoms with Crippen LogP contribution in [0.5, 0.6) is 0 Å². The Morgan fingerprint density at radius 1 is 0.630 bits per heavy atom. The zero-order valence-corrected chi connectivity index (χ0v) is 17.7. The molecule has 0 bridgehead atoms. The van der Waals surface area contributed by atoms with Gasteiger partial charge in [0.25, 0.3) is 0 Å². The highest BCUT2D eigenvalue weighted by atomic mass is 16.2. The van der Waals surface area contributed by atoms with Gasteiger partial charge in [-0.2, -0.15) is 0 Å². The number of carbonyl (C=O) groups excluding carboxylic acids is 3. The van der Waals surface area contributed by atoms with E-state index in [0.717, 1.165) is 25.2 Å². The molecule has 0 aromatic carbocycles. The van der Waals surface area contributed by atoms with Crippen molar-refractivity contribution < 1.29 is 14.4 Å². The van der Waals surface area contributed by atoms with E-state index in [0.29, 0.717) is 6.42 Å². The van der Waals surface area contributed by atoms with Gasteiger partial charge in [0.15, 0.2) is 0 Å². The molecule has 0 saturated carbocycles. The van der Waals surface area contributed by atoms with E-state index in [1.165, 1.54) is 64.2 Å². The van der Waals surface area contributed by atoms with Gasteiger partial charge in [-0.05, 0) is 12.3 Å². The molecule has 0 fully saturated rings. The first-order valence-corrected chi connectivity index (χ1v) is 11.0. The maximum absolute atomic E-state index is 11.6. The number of amides is 3.